The minimum absolute atomic E-state index is 0.328. The highest BCUT2D eigenvalue weighted by atomic mass is 15.1. The van der Waals surface area contributed by atoms with Gasteiger partial charge in [0.05, 0.1) is 23.1 Å². The first-order valence-corrected chi connectivity index (χ1v) is 5.34. The fraction of sp³-hybridized carbons (Fsp3) is 0.545. The van der Waals surface area contributed by atoms with Crippen molar-refractivity contribution in [1.29, 1.82) is 0 Å². The molecule has 1 aromatic rings. The van der Waals surface area contributed by atoms with E-state index in [1.54, 1.807) is 0 Å². The van der Waals surface area contributed by atoms with Gasteiger partial charge >= 0.3 is 0 Å². The molecule has 0 unspecified atom stereocenters. The van der Waals surface area contributed by atoms with E-state index in [0.717, 1.165) is 12.2 Å². The molecule has 3 heteroatoms. The Bertz CT molecular complexity index is 342. The SMILES string of the molecule is c1cc2c(cn1)NCC1(CCCC1)N2. The lowest BCUT2D eigenvalue weighted by molar-refractivity contribution is 0.500. The van der Waals surface area contributed by atoms with Gasteiger partial charge in [-0.1, -0.05) is 12.8 Å². The second-order valence-electron chi connectivity index (χ2n) is 4.39. The molecule has 0 bridgehead atoms. The van der Waals surface area contributed by atoms with Gasteiger partial charge in [0.1, 0.15) is 0 Å². The van der Waals surface area contributed by atoms with E-state index in [1.807, 2.05) is 12.4 Å². The number of hydrogen-bond donors (Lipinski definition) is 2. The highest BCUT2D eigenvalue weighted by Crippen LogP contribution is 2.38. The summed E-state index contributed by atoms with van der Waals surface area (Å²) in [6.45, 7) is 1.05. The van der Waals surface area contributed by atoms with Crippen molar-refractivity contribution in [2.24, 2.45) is 0 Å². The van der Waals surface area contributed by atoms with Crippen molar-refractivity contribution >= 4 is 11.4 Å². The van der Waals surface area contributed by atoms with Crippen LogP contribution in [0.4, 0.5) is 11.4 Å². The van der Waals surface area contributed by atoms with Crippen molar-refractivity contribution in [3.05, 3.63) is 18.5 Å². The Hall–Kier alpha value is -1.25. The zero-order valence-electron chi connectivity index (χ0n) is 8.21. The Morgan fingerprint density at radius 2 is 2.07 bits per heavy atom. The first kappa shape index (κ1) is 8.09. The standard InChI is InChI=1S/C11H15N3/c1-2-5-11(4-1)8-13-10-7-12-6-3-9(10)14-11/h3,6-7,13-14H,1-2,4-5,8H2. The Labute approximate surface area is 83.9 Å². The molecule has 1 saturated carbocycles. The Kier molecular flexibility index (Phi) is 1.66. The smallest absolute Gasteiger partial charge is 0.0763 e. The Morgan fingerprint density at radius 3 is 2.93 bits per heavy atom. The molecule has 0 radical (unpaired) electrons. The van der Waals surface area contributed by atoms with Gasteiger partial charge in [-0.2, -0.15) is 0 Å². The van der Waals surface area contributed by atoms with Crippen LogP contribution in [-0.2, 0) is 0 Å². The van der Waals surface area contributed by atoms with Crippen molar-refractivity contribution in [3.63, 3.8) is 0 Å². The van der Waals surface area contributed by atoms with Crippen LogP contribution in [0.1, 0.15) is 25.7 Å². The molecule has 2 N–H and O–H groups in total. The second kappa shape index (κ2) is 2.87. The van der Waals surface area contributed by atoms with E-state index in [4.69, 9.17) is 0 Å². The third-order valence-corrected chi connectivity index (χ3v) is 3.40. The summed E-state index contributed by atoms with van der Waals surface area (Å²) in [5.41, 5.74) is 2.69. The zero-order chi connectivity index (χ0) is 9.43. The predicted molar refractivity (Wildman–Crippen MR) is 57.5 cm³/mol. The highest BCUT2D eigenvalue weighted by molar-refractivity contribution is 5.71. The molecule has 1 aliphatic heterocycles. The van der Waals surface area contributed by atoms with Crippen LogP contribution in [0, 0.1) is 0 Å². The van der Waals surface area contributed by atoms with Crippen molar-refractivity contribution in [1.82, 2.24) is 4.98 Å². The van der Waals surface area contributed by atoms with E-state index >= 15 is 0 Å². The summed E-state index contributed by atoms with van der Waals surface area (Å²) in [7, 11) is 0. The van der Waals surface area contributed by atoms with Crippen molar-refractivity contribution in [3.8, 4) is 0 Å². The summed E-state index contributed by atoms with van der Waals surface area (Å²) in [4.78, 5) is 4.11. The number of hydrogen-bond acceptors (Lipinski definition) is 3. The topological polar surface area (TPSA) is 37.0 Å². The van der Waals surface area contributed by atoms with Gasteiger partial charge < -0.3 is 10.6 Å². The summed E-state index contributed by atoms with van der Waals surface area (Å²) in [5.74, 6) is 0. The van der Waals surface area contributed by atoms with E-state index in [0.29, 0.717) is 5.54 Å². The summed E-state index contributed by atoms with van der Waals surface area (Å²) < 4.78 is 0. The summed E-state index contributed by atoms with van der Waals surface area (Å²) >= 11 is 0. The van der Waals surface area contributed by atoms with E-state index < -0.39 is 0 Å². The number of rotatable bonds is 0. The molecule has 2 aliphatic rings. The maximum absolute atomic E-state index is 4.11. The van der Waals surface area contributed by atoms with Crippen molar-refractivity contribution in [2.45, 2.75) is 31.2 Å². The van der Waals surface area contributed by atoms with Gasteiger partial charge in [-0.25, -0.2) is 0 Å². The van der Waals surface area contributed by atoms with E-state index in [-0.39, 0.29) is 0 Å². The number of fused-ring (bicyclic) bond motifs is 1. The van der Waals surface area contributed by atoms with Crippen LogP contribution in [0.3, 0.4) is 0 Å². The molecular formula is C11H15N3. The second-order valence-corrected chi connectivity index (χ2v) is 4.39. The van der Waals surface area contributed by atoms with Crippen LogP contribution in [0.2, 0.25) is 0 Å². The lowest BCUT2D eigenvalue weighted by Crippen LogP contribution is -2.45. The van der Waals surface area contributed by atoms with E-state index in [2.05, 4.69) is 21.7 Å². The molecule has 1 spiro atoms. The molecule has 1 aliphatic carbocycles. The highest BCUT2D eigenvalue weighted by Gasteiger charge is 2.36. The normalized spacial score (nSPS) is 22.6. The lowest BCUT2D eigenvalue weighted by atomic mass is 9.95. The number of nitrogens with one attached hydrogen (secondary N) is 2. The van der Waals surface area contributed by atoms with Crippen LogP contribution in [0.5, 0.6) is 0 Å². The molecule has 74 valence electrons. The number of aromatic nitrogens is 1. The van der Waals surface area contributed by atoms with Gasteiger partial charge in [-0.3, -0.25) is 4.98 Å². The first-order valence-electron chi connectivity index (χ1n) is 5.34. The lowest BCUT2D eigenvalue weighted by Gasteiger charge is -2.37. The molecule has 0 amide bonds. The van der Waals surface area contributed by atoms with Crippen LogP contribution in [-0.4, -0.2) is 17.1 Å². The largest absolute Gasteiger partial charge is 0.380 e. The van der Waals surface area contributed by atoms with Gasteiger partial charge in [0.2, 0.25) is 0 Å². The third-order valence-electron chi connectivity index (χ3n) is 3.40. The number of anilines is 2. The Balaban J connectivity index is 1.92. The summed E-state index contributed by atoms with van der Waals surface area (Å²) in [6.07, 6.45) is 9.04. The van der Waals surface area contributed by atoms with Gasteiger partial charge in [-0.05, 0) is 18.9 Å². The van der Waals surface area contributed by atoms with Gasteiger partial charge in [0, 0.05) is 12.7 Å². The molecule has 1 aromatic heterocycles. The minimum Gasteiger partial charge on any atom is -0.380 e. The number of nitrogens with zero attached hydrogens (tertiary/aromatic N) is 1. The fourth-order valence-electron chi connectivity index (χ4n) is 2.59. The van der Waals surface area contributed by atoms with Crippen LogP contribution in [0.25, 0.3) is 0 Å². The molecular weight excluding hydrogens is 174 g/mol. The summed E-state index contributed by atoms with van der Waals surface area (Å²) in [5, 5.41) is 7.14. The van der Waals surface area contributed by atoms with Crippen molar-refractivity contribution in [2.75, 3.05) is 17.2 Å². The summed E-state index contributed by atoms with van der Waals surface area (Å²) in [6, 6.07) is 2.06. The minimum atomic E-state index is 0.328. The molecule has 2 heterocycles. The molecule has 0 aromatic carbocycles. The number of pyridine rings is 1. The maximum atomic E-state index is 4.11. The average molecular weight is 189 g/mol. The van der Waals surface area contributed by atoms with Crippen LogP contribution in [0.15, 0.2) is 18.5 Å². The van der Waals surface area contributed by atoms with Gasteiger partial charge in [-0.15, -0.1) is 0 Å². The van der Waals surface area contributed by atoms with E-state index in [1.165, 1.54) is 31.4 Å². The maximum Gasteiger partial charge on any atom is 0.0763 e. The fourth-order valence-corrected chi connectivity index (χ4v) is 2.59. The molecule has 1 fully saturated rings. The van der Waals surface area contributed by atoms with Gasteiger partial charge in [0.15, 0.2) is 0 Å². The predicted octanol–water partition coefficient (Wildman–Crippen LogP) is 2.23. The molecule has 0 atom stereocenters. The first-order chi connectivity index (χ1) is 6.88. The quantitative estimate of drug-likeness (QED) is 0.657. The van der Waals surface area contributed by atoms with Crippen LogP contribution >= 0.6 is 0 Å². The zero-order valence-corrected chi connectivity index (χ0v) is 8.21. The monoisotopic (exact) mass is 189 g/mol. The molecule has 3 nitrogen and oxygen atoms in total. The molecule has 3 rings (SSSR count). The van der Waals surface area contributed by atoms with E-state index in [9.17, 15) is 0 Å². The Morgan fingerprint density at radius 1 is 1.21 bits per heavy atom. The third kappa shape index (κ3) is 1.15. The molecule has 14 heavy (non-hydrogen) atoms. The van der Waals surface area contributed by atoms with Crippen LogP contribution < -0.4 is 10.6 Å². The molecule has 0 saturated heterocycles. The van der Waals surface area contributed by atoms with Gasteiger partial charge in [0.25, 0.3) is 0 Å². The average Bonchev–Trinajstić information content (AvgIpc) is 2.66. The van der Waals surface area contributed by atoms with Crippen molar-refractivity contribution < 1.29 is 0 Å².